The van der Waals surface area contributed by atoms with E-state index in [2.05, 4.69) is 10.2 Å². The van der Waals surface area contributed by atoms with E-state index in [1.54, 1.807) is 12.1 Å². The van der Waals surface area contributed by atoms with E-state index >= 15 is 0 Å². The van der Waals surface area contributed by atoms with Crippen molar-refractivity contribution in [2.75, 3.05) is 36.8 Å². The molecule has 1 fully saturated rings. The smallest absolute Gasteiger partial charge is 0.208 e. The summed E-state index contributed by atoms with van der Waals surface area (Å²) in [6.07, 6.45) is 1.02. The highest BCUT2D eigenvalue weighted by Crippen LogP contribution is 2.30. The van der Waals surface area contributed by atoms with E-state index in [0.717, 1.165) is 44.4 Å². The van der Waals surface area contributed by atoms with E-state index < -0.39 is 15.7 Å². The lowest BCUT2D eigenvalue weighted by atomic mass is 10.2. The summed E-state index contributed by atoms with van der Waals surface area (Å²) >= 11 is 0. The first kappa shape index (κ1) is 16.7. The first-order valence-electron chi connectivity index (χ1n) is 7.84. The van der Waals surface area contributed by atoms with Crippen LogP contribution in [0.2, 0.25) is 0 Å². The van der Waals surface area contributed by atoms with Crippen molar-refractivity contribution in [1.82, 2.24) is 5.32 Å². The second-order valence-electron chi connectivity index (χ2n) is 5.77. The summed E-state index contributed by atoms with van der Waals surface area (Å²) in [6, 6.07) is 9.89. The molecular weight excluding hydrogens is 329 g/mol. The Hall–Kier alpha value is -2.12. The highest BCUT2D eigenvalue weighted by molar-refractivity contribution is 7.91. The maximum Gasteiger partial charge on any atom is 0.208 e. The van der Waals surface area contributed by atoms with Gasteiger partial charge in [0.25, 0.3) is 0 Å². The van der Waals surface area contributed by atoms with E-state index in [-0.39, 0.29) is 15.5 Å². The third-order valence-electron chi connectivity index (χ3n) is 4.09. The molecule has 0 bridgehead atoms. The van der Waals surface area contributed by atoms with Gasteiger partial charge in [0.2, 0.25) is 9.84 Å². The number of nitrogens with two attached hydrogens (primary N) is 1. The molecule has 3 N–H and O–H groups in total. The molecule has 2 aromatic rings. The molecule has 0 aromatic heterocycles. The molecule has 1 saturated heterocycles. The number of hydrogen-bond acceptors (Lipinski definition) is 5. The van der Waals surface area contributed by atoms with Crippen LogP contribution in [0, 0.1) is 5.82 Å². The molecule has 3 rings (SSSR count). The minimum atomic E-state index is -3.84. The van der Waals surface area contributed by atoms with Crippen LogP contribution >= 0.6 is 0 Å². The Morgan fingerprint density at radius 3 is 2.67 bits per heavy atom. The highest BCUT2D eigenvalue weighted by atomic mass is 32.2. The van der Waals surface area contributed by atoms with Gasteiger partial charge in [0, 0.05) is 25.3 Å². The molecule has 2 aromatic carbocycles. The number of halogens is 1. The number of nitrogens with zero attached hydrogens (tertiary/aromatic N) is 1. The summed E-state index contributed by atoms with van der Waals surface area (Å²) in [6.45, 7) is 3.58. The molecule has 0 radical (unpaired) electrons. The fourth-order valence-corrected chi connectivity index (χ4v) is 4.24. The predicted molar refractivity (Wildman–Crippen MR) is 92.4 cm³/mol. The third-order valence-corrected chi connectivity index (χ3v) is 5.92. The second kappa shape index (κ2) is 6.78. The summed E-state index contributed by atoms with van der Waals surface area (Å²) in [4.78, 5) is 2.08. The van der Waals surface area contributed by atoms with Gasteiger partial charge in [-0.2, -0.15) is 0 Å². The Labute approximate surface area is 141 Å². The highest BCUT2D eigenvalue weighted by Gasteiger charge is 2.22. The second-order valence-corrected chi connectivity index (χ2v) is 7.69. The third kappa shape index (κ3) is 3.37. The summed E-state index contributed by atoms with van der Waals surface area (Å²) in [5, 5.41) is 3.32. The van der Waals surface area contributed by atoms with Gasteiger partial charge in [-0.1, -0.05) is 6.07 Å². The van der Waals surface area contributed by atoms with Gasteiger partial charge in [-0.3, -0.25) is 0 Å². The number of hydrogen-bond donors (Lipinski definition) is 2. The fourth-order valence-electron chi connectivity index (χ4n) is 2.84. The van der Waals surface area contributed by atoms with E-state index in [4.69, 9.17) is 5.73 Å². The van der Waals surface area contributed by atoms with Crippen molar-refractivity contribution in [3.8, 4) is 0 Å². The van der Waals surface area contributed by atoms with Crippen molar-refractivity contribution in [3.63, 3.8) is 0 Å². The number of nitrogens with one attached hydrogen (secondary N) is 1. The van der Waals surface area contributed by atoms with Crippen LogP contribution in [0.5, 0.6) is 0 Å². The van der Waals surface area contributed by atoms with Gasteiger partial charge in [-0.05, 0) is 49.4 Å². The number of nitrogen functional groups attached to an aromatic ring is 1. The molecule has 1 aliphatic heterocycles. The van der Waals surface area contributed by atoms with Gasteiger partial charge in [0.15, 0.2) is 0 Å². The van der Waals surface area contributed by atoms with Gasteiger partial charge >= 0.3 is 0 Å². The number of anilines is 2. The van der Waals surface area contributed by atoms with Gasteiger partial charge in [-0.15, -0.1) is 0 Å². The van der Waals surface area contributed by atoms with Crippen LogP contribution < -0.4 is 16.0 Å². The van der Waals surface area contributed by atoms with Crippen molar-refractivity contribution in [3.05, 3.63) is 48.3 Å². The molecular formula is C17H20FN3O2S. The molecule has 0 saturated carbocycles. The summed E-state index contributed by atoms with van der Waals surface area (Å²) in [5.41, 5.74) is 7.09. The Kier molecular flexibility index (Phi) is 4.73. The lowest BCUT2D eigenvalue weighted by Crippen LogP contribution is -2.27. The van der Waals surface area contributed by atoms with E-state index in [0.29, 0.717) is 0 Å². The van der Waals surface area contributed by atoms with Crippen LogP contribution in [0.1, 0.15) is 6.42 Å². The van der Waals surface area contributed by atoms with E-state index in [1.165, 1.54) is 24.3 Å². The molecule has 24 heavy (non-hydrogen) atoms. The van der Waals surface area contributed by atoms with E-state index in [1.807, 2.05) is 0 Å². The number of rotatable bonds is 3. The summed E-state index contributed by atoms with van der Waals surface area (Å²) < 4.78 is 38.7. The molecule has 128 valence electrons. The van der Waals surface area contributed by atoms with Crippen molar-refractivity contribution < 1.29 is 12.8 Å². The quantitative estimate of drug-likeness (QED) is 0.830. The summed E-state index contributed by atoms with van der Waals surface area (Å²) in [7, 11) is -3.84. The normalized spacial score (nSPS) is 16.0. The largest absolute Gasteiger partial charge is 0.398 e. The Morgan fingerprint density at radius 2 is 1.92 bits per heavy atom. The first-order chi connectivity index (χ1) is 11.5. The standard InChI is InChI=1S/C17H20FN3O2S/c18-13-3-1-4-15(11-13)24(22,23)17-6-5-14(12-16(17)19)21-9-2-7-20-8-10-21/h1,3-6,11-12,20H,2,7-10,19H2. The van der Waals surface area contributed by atoms with Crippen LogP contribution in [0.25, 0.3) is 0 Å². The van der Waals surface area contributed by atoms with Crippen LogP contribution in [0.3, 0.4) is 0 Å². The molecule has 0 atom stereocenters. The molecule has 7 heteroatoms. The molecule has 0 spiro atoms. The number of sulfone groups is 1. The topological polar surface area (TPSA) is 75.4 Å². The maximum atomic E-state index is 13.4. The first-order valence-corrected chi connectivity index (χ1v) is 9.32. The maximum absolute atomic E-state index is 13.4. The molecule has 5 nitrogen and oxygen atoms in total. The fraction of sp³-hybridized carbons (Fsp3) is 0.294. The van der Waals surface area contributed by atoms with Gasteiger partial charge in [-0.25, -0.2) is 12.8 Å². The van der Waals surface area contributed by atoms with Crippen LogP contribution in [-0.2, 0) is 9.84 Å². The Morgan fingerprint density at radius 1 is 1.08 bits per heavy atom. The van der Waals surface area contributed by atoms with Gasteiger partial charge in [0.05, 0.1) is 15.5 Å². The van der Waals surface area contributed by atoms with Gasteiger partial charge < -0.3 is 16.0 Å². The zero-order chi connectivity index (χ0) is 17.2. The Bertz CT molecular complexity index is 831. The average molecular weight is 349 g/mol. The average Bonchev–Trinajstić information content (AvgIpc) is 2.84. The van der Waals surface area contributed by atoms with Crippen molar-refractivity contribution in [2.45, 2.75) is 16.2 Å². The Balaban J connectivity index is 1.94. The summed E-state index contributed by atoms with van der Waals surface area (Å²) in [5.74, 6) is -0.594. The lowest BCUT2D eigenvalue weighted by molar-refractivity contribution is 0.591. The minimum Gasteiger partial charge on any atom is -0.398 e. The SMILES string of the molecule is Nc1cc(N2CCCNCC2)ccc1S(=O)(=O)c1cccc(F)c1. The zero-order valence-electron chi connectivity index (χ0n) is 13.2. The van der Waals surface area contributed by atoms with Crippen LogP contribution in [0.15, 0.2) is 52.3 Å². The molecule has 0 aliphatic carbocycles. The van der Waals surface area contributed by atoms with Crippen molar-refractivity contribution in [1.29, 1.82) is 0 Å². The molecule has 0 unspecified atom stereocenters. The zero-order valence-corrected chi connectivity index (χ0v) is 14.0. The van der Waals surface area contributed by atoms with Crippen LogP contribution in [-0.4, -0.2) is 34.6 Å². The monoisotopic (exact) mass is 349 g/mol. The van der Waals surface area contributed by atoms with Gasteiger partial charge in [0.1, 0.15) is 5.82 Å². The van der Waals surface area contributed by atoms with Crippen molar-refractivity contribution in [2.24, 2.45) is 0 Å². The van der Waals surface area contributed by atoms with E-state index in [9.17, 15) is 12.8 Å². The predicted octanol–water partition coefficient (Wildman–Crippen LogP) is 2.04. The molecule has 1 heterocycles. The van der Waals surface area contributed by atoms with Crippen molar-refractivity contribution >= 4 is 21.2 Å². The molecule has 0 amide bonds. The number of benzene rings is 2. The molecule has 1 aliphatic rings. The van der Waals surface area contributed by atoms with Crippen LogP contribution in [0.4, 0.5) is 15.8 Å². The lowest BCUT2D eigenvalue weighted by Gasteiger charge is -2.23. The minimum absolute atomic E-state index is 0.00444.